The van der Waals surface area contributed by atoms with Gasteiger partial charge in [0.25, 0.3) is 5.91 Å². The summed E-state index contributed by atoms with van der Waals surface area (Å²) >= 11 is 0. The number of amides is 3. The average molecular weight is 210 g/mol. The molecule has 6 heteroatoms. The molecule has 0 aromatic heterocycles. The van der Waals surface area contributed by atoms with Crippen molar-refractivity contribution in [2.24, 2.45) is 5.73 Å². The topological polar surface area (TPSA) is 97.7 Å². The number of aliphatic hydroxyl groups excluding tert-OH is 1. The van der Waals surface area contributed by atoms with Crippen LogP contribution < -0.4 is 11.1 Å². The van der Waals surface area contributed by atoms with Crippen molar-refractivity contribution in [2.75, 3.05) is 0 Å². The minimum Gasteiger partial charge on any atom is -0.393 e. The van der Waals surface area contributed by atoms with E-state index in [0.717, 1.165) is 6.08 Å². The molecular weight excluding hydrogens is 198 g/mol. The van der Waals surface area contributed by atoms with Crippen molar-refractivity contribution in [3.8, 4) is 0 Å². The predicted molar refractivity (Wildman–Crippen MR) is 50.3 cm³/mol. The monoisotopic (exact) mass is 210 g/mol. The molecule has 2 atom stereocenters. The van der Waals surface area contributed by atoms with E-state index >= 15 is 0 Å². The summed E-state index contributed by atoms with van der Waals surface area (Å²) in [6.07, 6.45) is 2.56. The van der Waals surface area contributed by atoms with Crippen LogP contribution >= 0.6 is 0 Å². The third-order valence-electron chi connectivity index (χ3n) is 2.70. The summed E-state index contributed by atoms with van der Waals surface area (Å²) in [7, 11) is 0. The second-order valence-electron chi connectivity index (χ2n) is 3.79. The lowest BCUT2D eigenvalue weighted by atomic mass is 10.2. The Morgan fingerprint density at radius 2 is 2.20 bits per heavy atom. The van der Waals surface area contributed by atoms with Gasteiger partial charge in [-0.25, -0.2) is 4.79 Å². The van der Waals surface area contributed by atoms with Crippen molar-refractivity contribution in [3.63, 3.8) is 0 Å². The Hall–Kier alpha value is -1.56. The van der Waals surface area contributed by atoms with E-state index in [1.54, 1.807) is 0 Å². The molecule has 6 nitrogen and oxygen atoms in total. The van der Waals surface area contributed by atoms with E-state index < -0.39 is 18.0 Å². The minimum atomic E-state index is -0.626. The van der Waals surface area contributed by atoms with E-state index in [1.165, 1.54) is 4.90 Å². The van der Waals surface area contributed by atoms with Gasteiger partial charge in [0.15, 0.2) is 0 Å². The lowest BCUT2D eigenvalue weighted by molar-refractivity contribution is -0.116. The Kier molecular flexibility index (Phi) is 2.36. The summed E-state index contributed by atoms with van der Waals surface area (Å²) in [5.74, 6) is -0.494. The fourth-order valence-electron chi connectivity index (χ4n) is 2.02. The highest BCUT2D eigenvalue weighted by Crippen LogP contribution is 2.26. The number of hydrogen-bond acceptors (Lipinski definition) is 4. The zero-order valence-corrected chi connectivity index (χ0v) is 8.09. The molecule has 0 aromatic rings. The molecule has 15 heavy (non-hydrogen) atoms. The lowest BCUT2D eigenvalue weighted by Gasteiger charge is -2.29. The van der Waals surface area contributed by atoms with Crippen molar-refractivity contribution < 1.29 is 14.7 Å². The summed E-state index contributed by atoms with van der Waals surface area (Å²) in [6.45, 7) is 0. The first kappa shape index (κ1) is 9.97. The van der Waals surface area contributed by atoms with E-state index in [-0.39, 0.29) is 11.9 Å². The van der Waals surface area contributed by atoms with Crippen LogP contribution in [0.4, 0.5) is 4.79 Å². The number of imide groups is 1. The van der Waals surface area contributed by atoms with Crippen LogP contribution in [0.25, 0.3) is 0 Å². The van der Waals surface area contributed by atoms with E-state index in [2.05, 4.69) is 5.32 Å². The molecule has 0 aromatic carbocycles. The zero-order valence-electron chi connectivity index (χ0n) is 8.09. The highest BCUT2D eigenvalue weighted by molar-refractivity contribution is 6.03. The standard InChI is InChI=1S/C9H12N3O3/c10-7-4-8(14)11-9(15)12(7)5-1-2-6(13)3-5/h4-6,13H,1-3,10H2. The molecule has 1 heterocycles. The van der Waals surface area contributed by atoms with Crippen LogP contribution in [0.15, 0.2) is 11.9 Å². The largest absolute Gasteiger partial charge is 0.393 e. The third-order valence-corrected chi connectivity index (χ3v) is 2.70. The number of carbonyl (C=O) groups is 2. The molecule has 2 unspecified atom stereocenters. The maximum absolute atomic E-state index is 11.4. The number of urea groups is 1. The average Bonchev–Trinajstić information content (AvgIpc) is 2.49. The van der Waals surface area contributed by atoms with Gasteiger partial charge in [-0.05, 0) is 19.3 Å². The molecule has 1 aliphatic heterocycles. The highest BCUT2D eigenvalue weighted by Gasteiger charge is 2.36. The first-order valence-corrected chi connectivity index (χ1v) is 4.82. The molecule has 1 fully saturated rings. The quantitative estimate of drug-likeness (QED) is 0.596. The number of aliphatic hydroxyl groups is 1. The second-order valence-corrected chi connectivity index (χ2v) is 3.79. The van der Waals surface area contributed by atoms with Crippen molar-refractivity contribution in [1.29, 1.82) is 0 Å². The molecule has 1 radical (unpaired) electrons. The molecule has 2 aliphatic rings. The van der Waals surface area contributed by atoms with E-state index in [1.807, 2.05) is 0 Å². The van der Waals surface area contributed by atoms with Gasteiger partial charge in [0.05, 0.1) is 6.10 Å². The molecule has 3 amide bonds. The van der Waals surface area contributed by atoms with Crippen LogP contribution in [0.1, 0.15) is 19.3 Å². The lowest BCUT2D eigenvalue weighted by Crippen LogP contribution is -2.49. The number of hydrogen-bond donors (Lipinski definition) is 2. The van der Waals surface area contributed by atoms with Crippen LogP contribution in [-0.2, 0) is 4.79 Å². The summed E-state index contributed by atoms with van der Waals surface area (Å²) in [5.41, 5.74) is 5.59. The molecule has 1 aliphatic carbocycles. The maximum atomic E-state index is 11.4. The maximum Gasteiger partial charge on any atom is 0.352 e. The number of carbonyl (C=O) groups excluding carboxylic acids is 2. The number of nitrogens with zero attached hydrogens (tertiary/aromatic N) is 2. The predicted octanol–water partition coefficient (Wildman–Crippen LogP) is -0.734. The second kappa shape index (κ2) is 3.54. The molecule has 3 N–H and O–H groups in total. The fraction of sp³-hybridized carbons (Fsp3) is 0.556. The van der Waals surface area contributed by atoms with Crippen LogP contribution in [0.5, 0.6) is 0 Å². The minimum absolute atomic E-state index is 0.124. The van der Waals surface area contributed by atoms with Gasteiger partial charge in [-0.2, -0.15) is 5.32 Å². The molecule has 0 bridgehead atoms. The van der Waals surface area contributed by atoms with Gasteiger partial charge in [0.1, 0.15) is 5.82 Å². The Morgan fingerprint density at radius 1 is 1.47 bits per heavy atom. The molecule has 1 saturated carbocycles. The Balaban J connectivity index is 2.17. The normalized spacial score (nSPS) is 31.5. The van der Waals surface area contributed by atoms with E-state index in [4.69, 9.17) is 5.73 Å². The Morgan fingerprint density at radius 3 is 2.73 bits per heavy atom. The summed E-state index contributed by atoms with van der Waals surface area (Å²) in [6, 6.07) is -0.764. The van der Waals surface area contributed by atoms with Crippen LogP contribution in [0, 0.1) is 0 Å². The van der Waals surface area contributed by atoms with Crippen molar-refractivity contribution in [1.82, 2.24) is 10.2 Å². The van der Waals surface area contributed by atoms with Crippen molar-refractivity contribution in [2.45, 2.75) is 31.4 Å². The molecule has 81 valence electrons. The first-order chi connectivity index (χ1) is 7.08. The summed E-state index contributed by atoms with van der Waals surface area (Å²) in [4.78, 5) is 23.6. The molecular formula is C9H12N3O3. The summed E-state index contributed by atoms with van der Waals surface area (Å²) in [5, 5.41) is 12.7. The van der Waals surface area contributed by atoms with Crippen molar-refractivity contribution in [3.05, 3.63) is 11.9 Å². The van der Waals surface area contributed by atoms with Crippen LogP contribution in [-0.4, -0.2) is 34.1 Å². The van der Waals surface area contributed by atoms with Gasteiger partial charge in [-0.15, -0.1) is 0 Å². The van der Waals surface area contributed by atoms with Gasteiger partial charge in [0.2, 0.25) is 0 Å². The van der Waals surface area contributed by atoms with Crippen molar-refractivity contribution >= 4 is 11.9 Å². The molecule has 0 spiro atoms. The Labute approximate surface area is 86.7 Å². The van der Waals surface area contributed by atoms with E-state index in [0.29, 0.717) is 19.3 Å². The van der Waals surface area contributed by atoms with E-state index in [9.17, 15) is 14.7 Å². The van der Waals surface area contributed by atoms with Gasteiger partial charge < -0.3 is 10.8 Å². The molecule has 0 saturated heterocycles. The highest BCUT2D eigenvalue weighted by atomic mass is 16.3. The SMILES string of the molecule is NC1=CC(=O)[N]C(=O)N1C1CCC(O)C1. The van der Waals surface area contributed by atoms with Crippen LogP contribution in [0.3, 0.4) is 0 Å². The van der Waals surface area contributed by atoms with Gasteiger partial charge in [-0.1, -0.05) is 0 Å². The zero-order chi connectivity index (χ0) is 11.0. The first-order valence-electron chi connectivity index (χ1n) is 4.82. The van der Waals surface area contributed by atoms with Gasteiger partial charge in [-0.3, -0.25) is 9.69 Å². The Bertz CT molecular complexity index is 339. The number of nitrogens with two attached hydrogens (primary N) is 1. The molecule has 2 rings (SSSR count). The smallest absolute Gasteiger partial charge is 0.352 e. The van der Waals surface area contributed by atoms with Gasteiger partial charge in [0, 0.05) is 12.1 Å². The van der Waals surface area contributed by atoms with Crippen LogP contribution in [0.2, 0.25) is 0 Å². The summed E-state index contributed by atoms with van der Waals surface area (Å²) < 4.78 is 0. The number of rotatable bonds is 1. The van der Waals surface area contributed by atoms with Gasteiger partial charge >= 0.3 is 6.03 Å². The third kappa shape index (κ3) is 1.80. The fourth-order valence-corrected chi connectivity index (χ4v) is 2.02.